The van der Waals surface area contributed by atoms with Crippen molar-refractivity contribution in [2.75, 3.05) is 23.3 Å². The highest BCUT2D eigenvalue weighted by Gasteiger charge is 2.51. The predicted molar refractivity (Wildman–Crippen MR) is 169 cm³/mol. The first-order chi connectivity index (χ1) is 20.9. The highest BCUT2D eigenvalue weighted by Crippen LogP contribution is 2.48. The summed E-state index contributed by atoms with van der Waals surface area (Å²) in [7, 11) is 0. The highest BCUT2D eigenvalue weighted by atomic mass is 19.1. The molecule has 1 amide bonds. The first-order valence-electron chi connectivity index (χ1n) is 15.5. The molecule has 3 aliphatic rings. The van der Waals surface area contributed by atoms with Gasteiger partial charge in [0.15, 0.2) is 11.6 Å². The van der Waals surface area contributed by atoms with E-state index >= 15 is 0 Å². The molecule has 230 valence electrons. The molecule has 2 fully saturated rings. The summed E-state index contributed by atoms with van der Waals surface area (Å²) in [6, 6.07) is 10.4. The number of halogens is 1. The summed E-state index contributed by atoms with van der Waals surface area (Å²) in [5.41, 5.74) is 5.26. The van der Waals surface area contributed by atoms with Crippen LogP contribution in [0.25, 0.3) is 22.3 Å². The summed E-state index contributed by atoms with van der Waals surface area (Å²) in [5.74, 6) is 0.0461. The zero-order valence-corrected chi connectivity index (χ0v) is 26.2. The van der Waals surface area contributed by atoms with Gasteiger partial charge >= 0.3 is 0 Å². The van der Waals surface area contributed by atoms with Crippen LogP contribution in [0.3, 0.4) is 0 Å². The number of carbonyl (C=O) groups is 1. The normalized spacial score (nSPS) is 22.3. The fourth-order valence-electron chi connectivity index (χ4n) is 7.16. The van der Waals surface area contributed by atoms with Crippen molar-refractivity contribution < 1.29 is 14.3 Å². The van der Waals surface area contributed by atoms with Gasteiger partial charge in [-0.15, -0.1) is 0 Å². The Kier molecular flexibility index (Phi) is 6.60. The lowest BCUT2D eigenvalue weighted by atomic mass is 9.76. The number of aromatic nitrogens is 4. The number of nitrogens with one attached hydrogen (secondary N) is 1. The first kappa shape index (κ1) is 28.9. The highest BCUT2D eigenvalue weighted by molar-refractivity contribution is 6.08. The molecule has 1 saturated heterocycles. The van der Waals surface area contributed by atoms with Crippen LogP contribution in [0.5, 0.6) is 0 Å². The molecule has 0 atom stereocenters. The van der Waals surface area contributed by atoms with E-state index < -0.39 is 11.2 Å². The number of fused-ring (bicyclic) bond motifs is 2. The Balaban J connectivity index is 1.27. The van der Waals surface area contributed by atoms with Crippen molar-refractivity contribution in [2.24, 2.45) is 5.41 Å². The van der Waals surface area contributed by atoms with E-state index in [4.69, 9.17) is 4.98 Å². The average molecular weight is 598 g/mol. The number of hydrogen-bond donors (Lipinski definition) is 2. The Labute approximate surface area is 257 Å². The Morgan fingerprint density at radius 3 is 2.50 bits per heavy atom. The lowest BCUT2D eigenvalue weighted by Gasteiger charge is -2.55. The predicted octanol–water partition coefficient (Wildman–Crippen LogP) is 5.95. The Bertz CT molecular complexity index is 1780. The molecule has 44 heavy (non-hydrogen) atoms. The quantitative estimate of drug-likeness (QED) is 0.272. The third-order valence-electron chi connectivity index (χ3n) is 9.65. The molecule has 3 aromatic heterocycles. The van der Waals surface area contributed by atoms with Crippen LogP contribution in [-0.4, -0.2) is 60.6 Å². The number of carbonyl (C=O) groups excluding carboxylic acids is 1. The van der Waals surface area contributed by atoms with Gasteiger partial charge in [0, 0.05) is 42.5 Å². The number of aliphatic hydroxyl groups is 1. The molecular formula is C34H40FN7O2. The summed E-state index contributed by atoms with van der Waals surface area (Å²) >= 11 is 0. The maximum absolute atomic E-state index is 14.9. The fourth-order valence-corrected chi connectivity index (χ4v) is 7.16. The van der Waals surface area contributed by atoms with Crippen LogP contribution in [-0.2, 0) is 16.8 Å². The van der Waals surface area contributed by atoms with Crippen LogP contribution in [0.2, 0.25) is 0 Å². The summed E-state index contributed by atoms with van der Waals surface area (Å²) in [5, 5.41) is 12.8. The zero-order chi connectivity index (χ0) is 31.1. The third kappa shape index (κ3) is 4.57. The van der Waals surface area contributed by atoms with E-state index in [1.165, 1.54) is 6.07 Å². The van der Waals surface area contributed by atoms with E-state index in [0.29, 0.717) is 28.7 Å². The number of hydrogen-bond acceptors (Lipinski definition) is 7. The lowest BCUT2D eigenvalue weighted by molar-refractivity contribution is -0.123. The average Bonchev–Trinajstić information content (AvgIpc) is 3.46. The SMILES string of the molecule is CC(C)n1cnc2cc(-c3ccc4c(c3)N(C3CC(N5CC(C)(C)C5)C3)C(=O)C4(C)C)nc(Nc3cc(CO)ncc3F)c21. The summed E-state index contributed by atoms with van der Waals surface area (Å²) in [6.45, 7) is 14.7. The van der Waals surface area contributed by atoms with E-state index in [0.717, 1.165) is 60.0 Å². The number of imidazole rings is 1. The topological polar surface area (TPSA) is 99.4 Å². The van der Waals surface area contributed by atoms with Crippen molar-refractivity contribution in [1.82, 2.24) is 24.4 Å². The molecule has 4 aromatic rings. The van der Waals surface area contributed by atoms with Crippen LogP contribution in [0.1, 0.15) is 71.7 Å². The third-order valence-corrected chi connectivity index (χ3v) is 9.65. The van der Waals surface area contributed by atoms with Crippen LogP contribution < -0.4 is 10.2 Å². The standard InChI is InChI=1S/C34H40FN7O2/c1-19(2)41-18-37-28-13-26(38-31(30(28)41)39-27-10-21(15-43)36-14-25(27)35)20-7-8-24-29(9-20)42(32(44)34(24,5)6)23-11-22(12-23)40-16-33(3,4)17-40/h7-10,13-14,18-19,22-23,43H,11-12,15-17H2,1-6H3,(H,36,38,39). The van der Waals surface area contributed by atoms with Crippen LogP contribution in [0, 0.1) is 11.2 Å². The van der Waals surface area contributed by atoms with Gasteiger partial charge < -0.3 is 19.9 Å². The number of likely N-dealkylation sites (tertiary alicyclic amines) is 1. The Morgan fingerprint density at radius 2 is 1.82 bits per heavy atom. The van der Waals surface area contributed by atoms with Crippen molar-refractivity contribution in [3.8, 4) is 11.3 Å². The smallest absolute Gasteiger partial charge is 0.237 e. The van der Waals surface area contributed by atoms with Gasteiger partial charge in [-0.3, -0.25) is 14.7 Å². The molecule has 2 aliphatic heterocycles. The number of anilines is 3. The molecule has 5 heterocycles. The maximum Gasteiger partial charge on any atom is 0.237 e. The number of amides is 1. The molecule has 0 spiro atoms. The van der Waals surface area contributed by atoms with Crippen molar-refractivity contribution in [3.63, 3.8) is 0 Å². The molecule has 7 rings (SSSR count). The molecule has 10 heteroatoms. The summed E-state index contributed by atoms with van der Waals surface area (Å²) in [4.78, 5) is 32.0. The van der Waals surface area contributed by atoms with Gasteiger partial charge in [-0.1, -0.05) is 26.0 Å². The fraction of sp³-hybridized carbons (Fsp3) is 0.471. The lowest BCUT2D eigenvalue weighted by Crippen LogP contribution is -2.64. The number of pyridine rings is 2. The Morgan fingerprint density at radius 1 is 1.07 bits per heavy atom. The zero-order valence-electron chi connectivity index (χ0n) is 26.2. The second-order valence-corrected chi connectivity index (χ2v) is 14.3. The number of rotatable bonds is 7. The van der Waals surface area contributed by atoms with Crippen molar-refractivity contribution >= 4 is 34.1 Å². The van der Waals surface area contributed by atoms with Crippen molar-refractivity contribution in [2.45, 2.75) is 84.5 Å². The Hall–Kier alpha value is -3.89. The van der Waals surface area contributed by atoms with E-state index in [9.17, 15) is 14.3 Å². The minimum absolute atomic E-state index is 0.0962. The second-order valence-electron chi connectivity index (χ2n) is 14.3. The van der Waals surface area contributed by atoms with Gasteiger partial charge in [0.05, 0.1) is 47.1 Å². The molecule has 0 unspecified atom stereocenters. The summed E-state index contributed by atoms with van der Waals surface area (Å²) < 4.78 is 16.9. The minimum Gasteiger partial charge on any atom is -0.390 e. The van der Waals surface area contributed by atoms with E-state index in [-0.39, 0.29) is 30.3 Å². The van der Waals surface area contributed by atoms with Gasteiger partial charge in [0.2, 0.25) is 5.91 Å². The number of nitrogens with zero attached hydrogens (tertiary/aromatic N) is 6. The van der Waals surface area contributed by atoms with Crippen LogP contribution in [0.4, 0.5) is 21.6 Å². The molecule has 2 N–H and O–H groups in total. The molecule has 1 aromatic carbocycles. The molecule has 0 bridgehead atoms. The monoisotopic (exact) mass is 597 g/mol. The maximum atomic E-state index is 14.9. The minimum atomic E-state index is -0.610. The molecule has 0 radical (unpaired) electrons. The first-order valence-corrected chi connectivity index (χ1v) is 15.5. The van der Waals surface area contributed by atoms with Gasteiger partial charge in [0.25, 0.3) is 0 Å². The number of benzene rings is 1. The molecule has 1 saturated carbocycles. The van der Waals surface area contributed by atoms with Gasteiger partial charge in [-0.05, 0) is 69.7 Å². The van der Waals surface area contributed by atoms with Crippen molar-refractivity contribution in [1.29, 1.82) is 0 Å². The molecule has 9 nitrogen and oxygen atoms in total. The van der Waals surface area contributed by atoms with E-state index in [2.05, 4.69) is 60.0 Å². The van der Waals surface area contributed by atoms with Crippen LogP contribution in [0.15, 0.2) is 42.9 Å². The van der Waals surface area contributed by atoms with E-state index in [1.807, 2.05) is 35.4 Å². The molecule has 1 aliphatic carbocycles. The largest absolute Gasteiger partial charge is 0.390 e. The van der Waals surface area contributed by atoms with Crippen molar-refractivity contribution in [3.05, 3.63) is 59.9 Å². The number of aliphatic hydroxyl groups excluding tert-OH is 1. The van der Waals surface area contributed by atoms with Gasteiger partial charge in [-0.25, -0.2) is 14.4 Å². The molecular weight excluding hydrogens is 557 g/mol. The van der Waals surface area contributed by atoms with Gasteiger partial charge in [0.1, 0.15) is 5.52 Å². The van der Waals surface area contributed by atoms with Gasteiger partial charge in [-0.2, -0.15) is 0 Å². The van der Waals surface area contributed by atoms with E-state index in [1.54, 1.807) is 6.33 Å². The summed E-state index contributed by atoms with van der Waals surface area (Å²) in [6.07, 6.45) is 4.84. The second kappa shape index (κ2) is 10.1. The van der Waals surface area contributed by atoms with Crippen LogP contribution >= 0.6 is 0 Å².